The molecule has 1 saturated heterocycles. The minimum absolute atomic E-state index is 0.0595. The normalized spacial score (nSPS) is 19.9. The van der Waals surface area contributed by atoms with Gasteiger partial charge in [0.25, 0.3) is 0 Å². The topological polar surface area (TPSA) is 52.6 Å². The second-order valence-corrected chi connectivity index (χ2v) is 5.31. The van der Waals surface area contributed by atoms with E-state index in [-0.39, 0.29) is 30.9 Å². The molecule has 0 radical (unpaired) electrons. The molecule has 1 heterocycles. The van der Waals surface area contributed by atoms with Crippen molar-refractivity contribution in [3.8, 4) is 0 Å². The first-order valence-electron chi connectivity index (χ1n) is 7.01. The molecule has 0 aliphatic carbocycles. The van der Waals surface area contributed by atoms with Crippen LogP contribution in [0.4, 0.5) is 10.1 Å². The molecule has 1 aromatic carbocycles. The second kappa shape index (κ2) is 6.81. The Balaban J connectivity index is 1.92. The highest BCUT2D eigenvalue weighted by atomic mass is 19.1. The number of anilines is 1. The number of benzene rings is 1. The van der Waals surface area contributed by atoms with Crippen LogP contribution in [0.25, 0.3) is 0 Å². The smallest absolute Gasteiger partial charge is 0.238 e. The Kier molecular flexibility index (Phi) is 5.09. The zero-order valence-corrected chi connectivity index (χ0v) is 11.7. The van der Waals surface area contributed by atoms with E-state index in [0.717, 1.165) is 25.8 Å². The lowest BCUT2D eigenvalue weighted by atomic mass is 10.0. The third kappa shape index (κ3) is 3.77. The molecule has 1 fully saturated rings. The highest BCUT2D eigenvalue weighted by Crippen LogP contribution is 2.17. The fraction of sp³-hybridized carbons (Fsp3) is 0.533. The number of nitrogens with zero attached hydrogens (tertiary/aromatic N) is 1. The summed E-state index contributed by atoms with van der Waals surface area (Å²) in [6.45, 7) is 2.81. The standard InChI is InChI=1S/C15H21FN2O2/c1-11-5-6-12(8-14(11)16)17-15(20)9-18-7-3-2-4-13(18)10-19/h5-6,8,13,19H,2-4,7,9-10H2,1H3,(H,17,20). The van der Waals surface area contributed by atoms with Gasteiger partial charge in [-0.15, -0.1) is 0 Å². The molecule has 1 unspecified atom stereocenters. The molecule has 4 nitrogen and oxygen atoms in total. The maximum absolute atomic E-state index is 13.4. The van der Waals surface area contributed by atoms with Gasteiger partial charge in [0.1, 0.15) is 5.82 Å². The maximum atomic E-state index is 13.4. The molecule has 1 amide bonds. The van der Waals surface area contributed by atoms with E-state index in [0.29, 0.717) is 11.3 Å². The lowest BCUT2D eigenvalue weighted by Gasteiger charge is -2.33. The molecule has 1 aliphatic heterocycles. The first kappa shape index (κ1) is 14.9. The van der Waals surface area contributed by atoms with Crippen molar-refractivity contribution in [3.05, 3.63) is 29.6 Å². The van der Waals surface area contributed by atoms with E-state index in [1.54, 1.807) is 19.1 Å². The van der Waals surface area contributed by atoms with E-state index in [2.05, 4.69) is 5.32 Å². The van der Waals surface area contributed by atoms with Crippen molar-refractivity contribution >= 4 is 11.6 Å². The highest BCUT2D eigenvalue weighted by molar-refractivity contribution is 5.92. The number of nitrogens with one attached hydrogen (secondary N) is 1. The van der Waals surface area contributed by atoms with Crippen LogP contribution in [0.2, 0.25) is 0 Å². The fourth-order valence-electron chi connectivity index (χ4n) is 2.53. The number of halogens is 1. The Morgan fingerprint density at radius 1 is 1.50 bits per heavy atom. The van der Waals surface area contributed by atoms with E-state index in [9.17, 15) is 14.3 Å². The molecule has 2 rings (SSSR count). The van der Waals surface area contributed by atoms with E-state index in [1.165, 1.54) is 6.07 Å². The number of aliphatic hydroxyl groups is 1. The van der Waals surface area contributed by atoms with Crippen LogP contribution in [0.3, 0.4) is 0 Å². The van der Waals surface area contributed by atoms with E-state index in [1.807, 2.05) is 4.90 Å². The van der Waals surface area contributed by atoms with Gasteiger partial charge in [-0.25, -0.2) is 4.39 Å². The molecule has 0 saturated carbocycles. The lowest BCUT2D eigenvalue weighted by Crippen LogP contribution is -2.45. The van der Waals surface area contributed by atoms with Crippen LogP contribution < -0.4 is 5.32 Å². The lowest BCUT2D eigenvalue weighted by molar-refractivity contribution is -0.118. The molecule has 20 heavy (non-hydrogen) atoms. The van der Waals surface area contributed by atoms with E-state index < -0.39 is 0 Å². The Morgan fingerprint density at radius 2 is 2.30 bits per heavy atom. The van der Waals surface area contributed by atoms with Crippen LogP contribution in [-0.4, -0.2) is 41.7 Å². The number of amides is 1. The molecule has 0 aromatic heterocycles. The van der Waals surface area contributed by atoms with Crippen LogP contribution in [0.15, 0.2) is 18.2 Å². The summed E-state index contributed by atoms with van der Waals surface area (Å²) in [4.78, 5) is 14.0. The van der Waals surface area contributed by atoms with E-state index >= 15 is 0 Å². The summed E-state index contributed by atoms with van der Waals surface area (Å²) in [7, 11) is 0. The minimum atomic E-state index is -0.325. The zero-order chi connectivity index (χ0) is 14.5. The van der Waals surface area contributed by atoms with Crippen LogP contribution in [0, 0.1) is 12.7 Å². The molecular formula is C15H21FN2O2. The highest BCUT2D eigenvalue weighted by Gasteiger charge is 2.23. The summed E-state index contributed by atoms with van der Waals surface area (Å²) in [5.41, 5.74) is 1.02. The molecule has 1 aliphatic rings. The number of aliphatic hydroxyl groups excluding tert-OH is 1. The molecular weight excluding hydrogens is 259 g/mol. The van der Waals surface area contributed by atoms with Gasteiger partial charge in [0.05, 0.1) is 13.2 Å². The first-order chi connectivity index (χ1) is 9.60. The number of aryl methyl sites for hydroxylation is 1. The van der Waals surface area contributed by atoms with Crippen molar-refractivity contribution in [3.63, 3.8) is 0 Å². The average molecular weight is 280 g/mol. The molecule has 1 aromatic rings. The maximum Gasteiger partial charge on any atom is 0.238 e. The van der Waals surface area contributed by atoms with Crippen molar-refractivity contribution in [2.45, 2.75) is 32.2 Å². The van der Waals surface area contributed by atoms with Crippen molar-refractivity contribution < 1.29 is 14.3 Å². The number of likely N-dealkylation sites (tertiary alicyclic amines) is 1. The molecule has 110 valence electrons. The largest absolute Gasteiger partial charge is 0.395 e. The molecule has 0 spiro atoms. The fourth-order valence-corrected chi connectivity index (χ4v) is 2.53. The predicted octanol–water partition coefficient (Wildman–Crippen LogP) is 1.92. The number of hydrogen-bond acceptors (Lipinski definition) is 3. The molecule has 0 bridgehead atoms. The average Bonchev–Trinajstić information content (AvgIpc) is 2.43. The van der Waals surface area contributed by atoms with Crippen LogP contribution in [0.1, 0.15) is 24.8 Å². The Labute approximate surface area is 118 Å². The van der Waals surface area contributed by atoms with Gasteiger partial charge >= 0.3 is 0 Å². The number of carbonyl (C=O) groups excluding carboxylic acids is 1. The molecule has 1 atom stereocenters. The van der Waals surface area contributed by atoms with Gasteiger partial charge < -0.3 is 10.4 Å². The summed E-state index contributed by atoms with van der Waals surface area (Å²) >= 11 is 0. The van der Waals surface area contributed by atoms with Gasteiger partial charge in [-0.05, 0) is 44.0 Å². The summed E-state index contributed by atoms with van der Waals surface area (Å²) < 4.78 is 13.4. The van der Waals surface area contributed by atoms with Gasteiger partial charge in [0.15, 0.2) is 0 Å². The van der Waals surface area contributed by atoms with E-state index in [4.69, 9.17) is 0 Å². The molecule has 5 heteroatoms. The summed E-state index contributed by atoms with van der Waals surface area (Å²) in [5.74, 6) is -0.498. The number of hydrogen-bond donors (Lipinski definition) is 2. The van der Waals surface area contributed by atoms with Crippen molar-refractivity contribution in [1.82, 2.24) is 4.90 Å². The first-order valence-corrected chi connectivity index (χ1v) is 7.01. The monoisotopic (exact) mass is 280 g/mol. The third-order valence-electron chi connectivity index (χ3n) is 3.76. The van der Waals surface area contributed by atoms with Crippen molar-refractivity contribution in [2.24, 2.45) is 0 Å². The summed E-state index contributed by atoms with van der Waals surface area (Å²) in [6.07, 6.45) is 3.05. The van der Waals surface area contributed by atoms with Crippen LogP contribution in [-0.2, 0) is 4.79 Å². The Hall–Kier alpha value is -1.46. The van der Waals surface area contributed by atoms with Crippen LogP contribution in [0.5, 0.6) is 0 Å². The van der Waals surface area contributed by atoms with Gasteiger partial charge in [-0.1, -0.05) is 12.5 Å². The van der Waals surface area contributed by atoms with Gasteiger partial charge in [0.2, 0.25) is 5.91 Å². The third-order valence-corrected chi connectivity index (χ3v) is 3.76. The van der Waals surface area contributed by atoms with Gasteiger partial charge in [-0.3, -0.25) is 9.69 Å². The van der Waals surface area contributed by atoms with Crippen LogP contribution >= 0.6 is 0 Å². The number of rotatable bonds is 4. The number of carbonyl (C=O) groups is 1. The van der Waals surface area contributed by atoms with Gasteiger partial charge in [0, 0.05) is 11.7 Å². The Morgan fingerprint density at radius 3 is 3.00 bits per heavy atom. The zero-order valence-electron chi connectivity index (χ0n) is 11.7. The molecule has 2 N–H and O–H groups in total. The van der Waals surface area contributed by atoms with Crippen molar-refractivity contribution in [1.29, 1.82) is 0 Å². The Bertz CT molecular complexity index is 479. The number of piperidine rings is 1. The predicted molar refractivity (Wildman–Crippen MR) is 76.1 cm³/mol. The SMILES string of the molecule is Cc1ccc(NC(=O)CN2CCCCC2CO)cc1F. The van der Waals surface area contributed by atoms with Gasteiger partial charge in [-0.2, -0.15) is 0 Å². The van der Waals surface area contributed by atoms with Crippen molar-refractivity contribution in [2.75, 3.05) is 25.0 Å². The quantitative estimate of drug-likeness (QED) is 0.886. The minimum Gasteiger partial charge on any atom is -0.395 e. The summed E-state index contributed by atoms with van der Waals surface area (Å²) in [5, 5.41) is 12.0. The second-order valence-electron chi connectivity index (χ2n) is 5.31. The summed E-state index contributed by atoms with van der Waals surface area (Å²) in [6, 6.07) is 4.72.